The summed E-state index contributed by atoms with van der Waals surface area (Å²) >= 11 is 0. The SMILES string of the molecule is CC.CC.Cc1cccc(C#N)c1.Cc1cccc2ccccc12. The molecular formula is C23H29N. The summed E-state index contributed by atoms with van der Waals surface area (Å²) < 4.78 is 0. The molecule has 0 aliphatic carbocycles. The lowest BCUT2D eigenvalue weighted by Crippen LogP contribution is -1.75. The van der Waals surface area contributed by atoms with Gasteiger partial charge in [-0.15, -0.1) is 0 Å². The molecule has 0 spiro atoms. The van der Waals surface area contributed by atoms with Gasteiger partial charge in [0.25, 0.3) is 0 Å². The van der Waals surface area contributed by atoms with Gasteiger partial charge in [0.1, 0.15) is 0 Å². The lowest BCUT2D eigenvalue weighted by Gasteiger charge is -1.98. The summed E-state index contributed by atoms with van der Waals surface area (Å²) in [5.74, 6) is 0. The molecule has 1 heteroatoms. The number of hydrogen-bond acceptors (Lipinski definition) is 1. The van der Waals surface area contributed by atoms with Crippen LogP contribution in [0.15, 0.2) is 66.7 Å². The van der Waals surface area contributed by atoms with Gasteiger partial charge in [0.05, 0.1) is 11.6 Å². The van der Waals surface area contributed by atoms with Gasteiger partial charge in [-0.2, -0.15) is 5.26 Å². The second-order valence-corrected chi connectivity index (χ2v) is 4.78. The van der Waals surface area contributed by atoms with E-state index in [1.165, 1.54) is 16.3 Å². The molecule has 0 saturated carbocycles. The highest BCUT2D eigenvalue weighted by atomic mass is 14.2. The average Bonchev–Trinajstić information content (AvgIpc) is 2.66. The fourth-order valence-corrected chi connectivity index (χ4v) is 2.10. The van der Waals surface area contributed by atoms with E-state index in [1.54, 1.807) is 6.07 Å². The van der Waals surface area contributed by atoms with Gasteiger partial charge in [0, 0.05) is 0 Å². The number of aryl methyl sites for hydroxylation is 2. The molecule has 0 amide bonds. The smallest absolute Gasteiger partial charge is 0.0991 e. The van der Waals surface area contributed by atoms with Crippen LogP contribution in [0.2, 0.25) is 0 Å². The Kier molecular flexibility index (Phi) is 11.5. The average molecular weight is 319 g/mol. The first kappa shape index (κ1) is 21.4. The first-order valence-electron chi connectivity index (χ1n) is 8.62. The lowest BCUT2D eigenvalue weighted by molar-refractivity contribution is 1.42. The van der Waals surface area contributed by atoms with Gasteiger partial charge >= 0.3 is 0 Å². The van der Waals surface area contributed by atoms with E-state index >= 15 is 0 Å². The van der Waals surface area contributed by atoms with Crippen LogP contribution in [0.1, 0.15) is 44.4 Å². The molecule has 0 aromatic heterocycles. The summed E-state index contributed by atoms with van der Waals surface area (Å²) in [5.41, 5.74) is 3.21. The zero-order valence-corrected chi connectivity index (χ0v) is 15.8. The Morgan fingerprint density at radius 1 is 0.708 bits per heavy atom. The number of fused-ring (bicyclic) bond motifs is 1. The lowest BCUT2D eigenvalue weighted by atomic mass is 10.1. The molecule has 0 atom stereocenters. The maximum atomic E-state index is 8.41. The largest absolute Gasteiger partial charge is 0.192 e. The first-order chi connectivity index (χ1) is 11.7. The summed E-state index contributed by atoms with van der Waals surface area (Å²) in [6, 6.07) is 24.4. The van der Waals surface area contributed by atoms with Crippen LogP contribution in [0.25, 0.3) is 10.8 Å². The Bertz CT molecular complexity index is 746. The number of nitriles is 1. The van der Waals surface area contributed by atoms with Crippen LogP contribution in [-0.2, 0) is 0 Å². The Labute approximate surface area is 147 Å². The number of benzene rings is 3. The first-order valence-corrected chi connectivity index (χ1v) is 8.62. The molecule has 126 valence electrons. The van der Waals surface area contributed by atoms with Gasteiger partial charge in [0.2, 0.25) is 0 Å². The van der Waals surface area contributed by atoms with E-state index in [4.69, 9.17) is 5.26 Å². The minimum Gasteiger partial charge on any atom is -0.192 e. The fourth-order valence-electron chi connectivity index (χ4n) is 2.10. The summed E-state index contributed by atoms with van der Waals surface area (Å²) in [6.07, 6.45) is 0. The molecule has 0 bridgehead atoms. The molecule has 1 nitrogen and oxygen atoms in total. The second kappa shape index (κ2) is 12.9. The Hall–Kier alpha value is -2.59. The number of nitrogens with zero attached hydrogens (tertiary/aromatic N) is 1. The van der Waals surface area contributed by atoms with Gasteiger partial charge in [-0.25, -0.2) is 0 Å². The Balaban J connectivity index is 0.000000371. The standard InChI is InChI=1S/C11H10.C8H7N.2C2H6/c1-9-5-4-7-10-6-2-3-8-11(9)10;1-7-3-2-4-8(5-7)6-9;2*1-2/h2-8H,1H3;2-5H,1H3;2*1-2H3. The predicted molar refractivity (Wildman–Crippen MR) is 107 cm³/mol. The molecule has 0 fully saturated rings. The van der Waals surface area contributed by atoms with Crippen LogP contribution >= 0.6 is 0 Å². The fraction of sp³-hybridized carbons (Fsp3) is 0.261. The molecule has 0 aliphatic rings. The molecular weight excluding hydrogens is 290 g/mol. The summed E-state index contributed by atoms with van der Waals surface area (Å²) in [7, 11) is 0. The molecule has 3 aromatic rings. The van der Waals surface area contributed by atoms with Crippen LogP contribution in [0.4, 0.5) is 0 Å². The van der Waals surface area contributed by atoms with Crippen molar-refractivity contribution in [2.75, 3.05) is 0 Å². The van der Waals surface area contributed by atoms with E-state index in [-0.39, 0.29) is 0 Å². The maximum absolute atomic E-state index is 8.41. The summed E-state index contributed by atoms with van der Waals surface area (Å²) in [5, 5.41) is 11.1. The van der Waals surface area contributed by atoms with Gasteiger partial charge in [-0.05, 0) is 47.9 Å². The highest BCUT2D eigenvalue weighted by molar-refractivity contribution is 5.85. The molecule has 0 radical (unpaired) electrons. The van der Waals surface area contributed by atoms with Crippen molar-refractivity contribution in [3.8, 4) is 6.07 Å². The second-order valence-electron chi connectivity index (χ2n) is 4.78. The molecule has 0 heterocycles. The van der Waals surface area contributed by atoms with Gasteiger partial charge in [-0.3, -0.25) is 0 Å². The van der Waals surface area contributed by atoms with E-state index in [0.717, 1.165) is 11.1 Å². The maximum Gasteiger partial charge on any atom is 0.0991 e. The van der Waals surface area contributed by atoms with E-state index in [0.29, 0.717) is 0 Å². The van der Waals surface area contributed by atoms with Crippen molar-refractivity contribution in [1.29, 1.82) is 5.26 Å². The highest BCUT2D eigenvalue weighted by Crippen LogP contribution is 2.16. The molecule has 0 N–H and O–H groups in total. The summed E-state index contributed by atoms with van der Waals surface area (Å²) in [6.45, 7) is 12.1. The van der Waals surface area contributed by atoms with Crippen molar-refractivity contribution in [2.45, 2.75) is 41.5 Å². The van der Waals surface area contributed by atoms with E-state index in [9.17, 15) is 0 Å². The number of rotatable bonds is 0. The zero-order chi connectivity index (χ0) is 18.4. The third-order valence-electron chi connectivity index (χ3n) is 3.15. The molecule has 3 rings (SSSR count). The highest BCUT2D eigenvalue weighted by Gasteiger charge is 1.92. The normalized spacial score (nSPS) is 8.38. The van der Waals surface area contributed by atoms with Crippen molar-refractivity contribution >= 4 is 10.8 Å². The van der Waals surface area contributed by atoms with Crippen LogP contribution in [-0.4, -0.2) is 0 Å². The Morgan fingerprint density at radius 2 is 1.29 bits per heavy atom. The Morgan fingerprint density at radius 3 is 1.83 bits per heavy atom. The minimum atomic E-state index is 0.731. The van der Waals surface area contributed by atoms with Crippen molar-refractivity contribution in [3.63, 3.8) is 0 Å². The van der Waals surface area contributed by atoms with Crippen molar-refractivity contribution in [1.82, 2.24) is 0 Å². The molecule has 0 saturated heterocycles. The number of hydrogen-bond donors (Lipinski definition) is 0. The summed E-state index contributed by atoms with van der Waals surface area (Å²) in [4.78, 5) is 0. The predicted octanol–water partition coefficient (Wildman–Crippen LogP) is 7.07. The van der Waals surface area contributed by atoms with E-state index in [2.05, 4.69) is 55.5 Å². The molecule has 0 aliphatic heterocycles. The molecule has 24 heavy (non-hydrogen) atoms. The molecule has 3 aromatic carbocycles. The zero-order valence-electron chi connectivity index (χ0n) is 15.8. The van der Waals surface area contributed by atoms with Gasteiger partial charge < -0.3 is 0 Å². The van der Waals surface area contributed by atoms with Gasteiger partial charge in [-0.1, -0.05) is 82.3 Å². The van der Waals surface area contributed by atoms with Gasteiger partial charge in [0.15, 0.2) is 0 Å². The topological polar surface area (TPSA) is 23.8 Å². The monoisotopic (exact) mass is 319 g/mol. The third kappa shape index (κ3) is 7.11. The van der Waals surface area contributed by atoms with Crippen LogP contribution in [0.5, 0.6) is 0 Å². The minimum absolute atomic E-state index is 0.731. The van der Waals surface area contributed by atoms with Crippen molar-refractivity contribution < 1.29 is 0 Å². The van der Waals surface area contributed by atoms with E-state index < -0.39 is 0 Å². The van der Waals surface area contributed by atoms with Crippen molar-refractivity contribution in [3.05, 3.63) is 83.4 Å². The van der Waals surface area contributed by atoms with Crippen LogP contribution in [0.3, 0.4) is 0 Å². The van der Waals surface area contributed by atoms with Crippen LogP contribution in [0, 0.1) is 25.2 Å². The molecule has 0 unspecified atom stereocenters. The van der Waals surface area contributed by atoms with Crippen molar-refractivity contribution in [2.24, 2.45) is 0 Å². The third-order valence-corrected chi connectivity index (χ3v) is 3.15. The van der Waals surface area contributed by atoms with E-state index in [1.807, 2.05) is 52.8 Å². The van der Waals surface area contributed by atoms with Crippen LogP contribution < -0.4 is 0 Å². The quantitative estimate of drug-likeness (QED) is 0.435.